The molecule has 7 rings (SSSR count). The molecule has 0 spiro atoms. The first kappa shape index (κ1) is 34.8. The van der Waals surface area contributed by atoms with Crippen LogP contribution in [0.3, 0.4) is 0 Å². The number of nitrogens with one attached hydrogen (secondary N) is 2. The molecule has 4 heterocycles. The zero-order valence-electron chi connectivity index (χ0n) is 27.9. The number of halogens is 2. The molecule has 1 saturated heterocycles. The van der Waals surface area contributed by atoms with E-state index >= 15 is 0 Å². The first-order valence-electron chi connectivity index (χ1n) is 17.2. The smallest absolute Gasteiger partial charge is 0.355 e. The Morgan fingerprint density at radius 1 is 0.961 bits per heavy atom. The molecular weight excluding hydrogens is 695 g/mol. The van der Waals surface area contributed by atoms with E-state index in [1.165, 1.54) is 41.9 Å². The molecule has 0 aliphatic carbocycles. The Hall–Kier alpha value is -4.66. The zero-order chi connectivity index (χ0) is 35.3. The van der Waals surface area contributed by atoms with Gasteiger partial charge < -0.3 is 25.0 Å². The van der Waals surface area contributed by atoms with Crippen molar-refractivity contribution in [2.45, 2.75) is 45.1 Å². The fourth-order valence-electron chi connectivity index (χ4n) is 6.58. The standard InChI is InChI=1S/C37H38F2N6O4S2/c38-26-21-30(27(39)20-29(26)40-14-18-44-15-4-1-5-16-44)49-19-7-12-32-33(35(47)48)42-37(51-32)45-17-13-23-8-6-9-24(25(23)22-45)34(46)43-36-41-28-10-2-3-11-31(28)50-36/h2-3,6,8-11,20-21,40H,1,4-5,7,12-19,22H2,(H,47,48)(H,41,43,46). The first-order chi connectivity index (χ1) is 24.8. The first-order valence-corrected chi connectivity index (χ1v) is 18.8. The molecule has 266 valence electrons. The summed E-state index contributed by atoms with van der Waals surface area (Å²) in [4.78, 5) is 39.5. The van der Waals surface area contributed by atoms with Crippen LogP contribution in [0, 0.1) is 11.6 Å². The van der Waals surface area contributed by atoms with E-state index in [1.807, 2.05) is 41.3 Å². The molecular formula is C37H38F2N6O4S2. The van der Waals surface area contributed by atoms with Crippen LogP contribution in [0.25, 0.3) is 10.2 Å². The van der Waals surface area contributed by atoms with E-state index in [1.54, 1.807) is 6.07 Å². The van der Waals surface area contributed by atoms with Gasteiger partial charge in [0.15, 0.2) is 27.5 Å². The molecule has 0 bridgehead atoms. The van der Waals surface area contributed by atoms with Crippen molar-refractivity contribution in [1.29, 1.82) is 0 Å². The number of hydrogen-bond donors (Lipinski definition) is 3. The molecule has 0 unspecified atom stereocenters. The van der Waals surface area contributed by atoms with E-state index in [9.17, 15) is 23.5 Å². The Bertz CT molecular complexity index is 2010. The van der Waals surface area contributed by atoms with Crippen molar-refractivity contribution in [3.05, 3.63) is 93.5 Å². The lowest BCUT2D eigenvalue weighted by Crippen LogP contribution is -2.33. The molecule has 0 atom stereocenters. The van der Waals surface area contributed by atoms with Gasteiger partial charge in [0.2, 0.25) is 0 Å². The monoisotopic (exact) mass is 732 g/mol. The minimum absolute atomic E-state index is 0.0418. The number of benzene rings is 3. The minimum Gasteiger partial charge on any atom is -0.490 e. The number of nitrogens with zero attached hydrogens (tertiary/aromatic N) is 4. The van der Waals surface area contributed by atoms with Gasteiger partial charge in [0.05, 0.1) is 22.5 Å². The molecule has 3 aromatic carbocycles. The van der Waals surface area contributed by atoms with Gasteiger partial charge in [-0.05, 0) is 74.5 Å². The lowest BCUT2D eigenvalue weighted by Gasteiger charge is -2.29. The Labute approximate surface area is 302 Å². The maximum Gasteiger partial charge on any atom is 0.355 e. The number of carbonyl (C=O) groups is 2. The highest BCUT2D eigenvalue weighted by atomic mass is 32.1. The van der Waals surface area contributed by atoms with E-state index in [4.69, 9.17) is 4.74 Å². The van der Waals surface area contributed by atoms with Gasteiger partial charge >= 0.3 is 5.97 Å². The Morgan fingerprint density at radius 2 is 1.80 bits per heavy atom. The Kier molecular flexibility index (Phi) is 10.7. The molecule has 0 saturated carbocycles. The van der Waals surface area contributed by atoms with E-state index in [0.717, 1.165) is 53.1 Å². The van der Waals surface area contributed by atoms with Gasteiger partial charge in [-0.25, -0.2) is 23.5 Å². The van der Waals surface area contributed by atoms with Gasteiger partial charge in [-0.1, -0.05) is 42.0 Å². The number of hydrogen-bond acceptors (Lipinski definition) is 10. The van der Waals surface area contributed by atoms with Crippen LogP contribution in [0.1, 0.15) is 62.5 Å². The van der Waals surface area contributed by atoms with Crippen LogP contribution in [0.2, 0.25) is 0 Å². The number of piperidine rings is 1. The number of aryl methyl sites for hydroxylation is 1. The third-order valence-electron chi connectivity index (χ3n) is 9.21. The Morgan fingerprint density at radius 3 is 2.63 bits per heavy atom. The number of rotatable bonds is 13. The van der Waals surface area contributed by atoms with Crippen LogP contribution in [0.15, 0.2) is 54.6 Å². The van der Waals surface area contributed by atoms with Crippen molar-refractivity contribution in [1.82, 2.24) is 14.9 Å². The highest BCUT2D eigenvalue weighted by molar-refractivity contribution is 7.22. The highest BCUT2D eigenvalue weighted by Gasteiger charge is 2.27. The predicted molar refractivity (Wildman–Crippen MR) is 197 cm³/mol. The number of ether oxygens (including phenoxy) is 1. The van der Waals surface area contributed by atoms with Crippen LogP contribution in [-0.2, 0) is 19.4 Å². The summed E-state index contributed by atoms with van der Waals surface area (Å²) in [5, 5.41) is 17.0. The number of carboxylic acid groups (broad SMARTS) is 1. The number of likely N-dealkylation sites (tertiary alicyclic amines) is 1. The number of carbonyl (C=O) groups excluding carboxylic acids is 1. The summed E-state index contributed by atoms with van der Waals surface area (Å²) in [7, 11) is 0. The zero-order valence-corrected chi connectivity index (χ0v) is 29.6. The summed E-state index contributed by atoms with van der Waals surface area (Å²) in [5.74, 6) is -2.84. The van der Waals surface area contributed by atoms with Crippen molar-refractivity contribution in [2.24, 2.45) is 0 Å². The topological polar surface area (TPSA) is 120 Å². The maximum atomic E-state index is 14.8. The number of aromatic nitrogens is 2. The average molecular weight is 733 g/mol. The minimum atomic E-state index is -1.14. The van der Waals surface area contributed by atoms with Gasteiger partial charge in [-0.15, -0.1) is 11.3 Å². The van der Waals surface area contributed by atoms with Crippen LogP contribution < -0.4 is 20.3 Å². The van der Waals surface area contributed by atoms with Gasteiger partial charge in [0, 0.05) is 48.8 Å². The van der Waals surface area contributed by atoms with Crippen LogP contribution in [-0.4, -0.2) is 71.2 Å². The van der Waals surface area contributed by atoms with Gasteiger partial charge in [0.25, 0.3) is 5.91 Å². The Balaban J connectivity index is 0.963. The van der Waals surface area contributed by atoms with Gasteiger partial charge in [-0.3, -0.25) is 10.1 Å². The van der Waals surface area contributed by atoms with Crippen LogP contribution in [0.5, 0.6) is 5.75 Å². The molecule has 3 N–H and O–H groups in total. The molecule has 1 amide bonds. The molecule has 2 aliphatic rings. The largest absolute Gasteiger partial charge is 0.490 e. The third kappa shape index (κ3) is 8.13. The number of thiazole rings is 2. The fourth-order valence-corrected chi connectivity index (χ4v) is 8.56. The van der Waals surface area contributed by atoms with Gasteiger partial charge in [0.1, 0.15) is 5.82 Å². The third-order valence-corrected chi connectivity index (χ3v) is 11.3. The van der Waals surface area contributed by atoms with Gasteiger partial charge in [-0.2, -0.15) is 0 Å². The number of amides is 1. The number of anilines is 3. The normalized spacial score (nSPS) is 14.7. The molecule has 1 fully saturated rings. The summed E-state index contributed by atoms with van der Waals surface area (Å²) in [6, 6.07) is 15.5. The molecule has 5 aromatic rings. The molecule has 14 heteroatoms. The summed E-state index contributed by atoms with van der Waals surface area (Å²) < 4.78 is 36.2. The molecule has 51 heavy (non-hydrogen) atoms. The van der Waals surface area contributed by atoms with Crippen molar-refractivity contribution in [3.63, 3.8) is 0 Å². The predicted octanol–water partition coefficient (Wildman–Crippen LogP) is 7.45. The lowest BCUT2D eigenvalue weighted by molar-refractivity contribution is 0.0690. The number of para-hydroxylation sites is 1. The quantitative estimate of drug-likeness (QED) is 0.106. The van der Waals surface area contributed by atoms with Crippen LogP contribution in [0.4, 0.5) is 24.7 Å². The summed E-state index contributed by atoms with van der Waals surface area (Å²) in [5.41, 5.74) is 3.33. The second kappa shape index (κ2) is 15.7. The lowest BCUT2D eigenvalue weighted by atomic mass is 9.94. The van der Waals surface area contributed by atoms with Crippen molar-refractivity contribution in [2.75, 3.05) is 54.9 Å². The number of fused-ring (bicyclic) bond motifs is 2. The van der Waals surface area contributed by atoms with Crippen molar-refractivity contribution < 1.29 is 28.2 Å². The van der Waals surface area contributed by atoms with E-state index < -0.39 is 17.6 Å². The fraction of sp³-hybridized carbons (Fsp3) is 0.351. The molecule has 0 radical (unpaired) electrons. The summed E-state index contributed by atoms with van der Waals surface area (Å²) >= 11 is 2.70. The van der Waals surface area contributed by atoms with E-state index in [-0.39, 0.29) is 29.6 Å². The number of aromatic carboxylic acids is 1. The van der Waals surface area contributed by atoms with Crippen molar-refractivity contribution in [3.8, 4) is 5.75 Å². The molecule has 2 aromatic heterocycles. The SMILES string of the molecule is O=C(Nc1nc2ccccc2s1)c1cccc2c1CN(c1nc(C(=O)O)c(CCCOc3cc(F)c(NCCN4CCCCC4)cc3F)s1)CC2. The number of carboxylic acids is 1. The second-order valence-corrected chi connectivity index (χ2v) is 14.8. The molecule has 10 nitrogen and oxygen atoms in total. The maximum absolute atomic E-state index is 14.8. The van der Waals surface area contributed by atoms with E-state index in [2.05, 4.69) is 25.5 Å². The average Bonchev–Trinajstić information content (AvgIpc) is 3.76. The summed E-state index contributed by atoms with van der Waals surface area (Å²) in [6.45, 7) is 4.41. The van der Waals surface area contributed by atoms with E-state index in [0.29, 0.717) is 59.6 Å². The summed E-state index contributed by atoms with van der Waals surface area (Å²) in [6.07, 6.45) is 4.94. The highest BCUT2D eigenvalue weighted by Crippen LogP contribution is 2.34. The van der Waals surface area contributed by atoms with Crippen molar-refractivity contribution >= 4 is 60.7 Å². The van der Waals surface area contributed by atoms with Crippen LogP contribution >= 0.6 is 22.7 Å². The second-order valence-electron chi connectivity index (χ2n) is 12.7. The molecule has 2 aliphatic heterocycles.